The molecule has 0 aliphatic rings. The molecule has 0 atom stereocenters. The molecule has 0 aromatic heterocycles. The zero-order valence-electron chi connectivity index (χ0n) is 56.4. The van der Waals surface area contributed by atoms with Crippen molar-refractivity contribution in [2.75, 3.05) is 0 Å². The summed E-state index contributed by atoms with van der Waals surface area (Å²) in [7, 11) is 0. The average molecular weight is 1270 g/mol. The van der Waals surface area contributed by atoms with Crippen molar-refractivity contribution in [1.82, 2.24) is 0 Å². The maximum Gasteiger partial charge on any atom is -0.00260 e. The van der Waals surface area contributed by atoms with Gasteiger partial charge in [-0.25, -0.2) is 0 Å². The van der Waals surface area contributed by atoms with Gasteiger partial charge in [0, 0.05) is 0 Å². The molecule has 0 fully saturated rings. The molecular weight excluding hydrogens is 1200 g/mol. The topological polar surface area (TPSA) is 0 Å². The van der Waals surface area contributed by atoms with Gasteiger partial charge in [0.25, 0.3) is 0 Å². The average Bonchev–Trinajstić information content (AvgIpc) is 0.744. The monoisotopic (exact) mass is 1270 g/mol. The van der Waals surface area contributed by atoms with Gasteiger partial charge in [0.2, 0.25) is 0 Å². The van der Waals surface area contributed by atoms with Crippen LogP contribution < -0.4 is 0 Å². The molecule has 0 aliphatic heterocycles. The highest BCUT2D eigenvalue weighted by molar-refractivity contribution is 6.23. The highest BCUT2D eigenvalue weighted by Crippen LogP contribution is 2.49. The Bertz CT molecular complexity index is 6060. The SMILES string of the molecule is CC(C)(C)c1ccc2c(-c3cccc(-c4cccc(-c5cccc(-c6ccccc6)c5)c4)c3)c3ccccc3c(-c3ccc4ccccc4c3)c2c1.c1ccc(-c2ccccc2-c2ccccc2-c2cccc(-c3c4ccccc4c(-c4ccc5ccccc5c4)c4ccccc34)c2)cc1. The van der Waals surface area contributed by atoms with Crippen molar-refractivity contribution in [1.29, 1.82) is 0 Å². The molecule has 100 heavy (non-hydrogen) atoms. The fourth-order valence-corrected chi connectivity index (χ4v) is 15.3. The van der Waals surface area contributed by atoms with Crippen LogP contribution >= 0.6 is 0 Å². The van der Waals surface area contributed by atoms with Gasteiger partial charge in [0.05, 0.1) is 0 Å². The van der Waals surface area contributed by atoms with Gasteiger partial charge < -0.3 is 0 Å². The fourth-order valence-electron chi connectivity index (χ4n) is 15.3. The van der Waals surface area contributed by atoms with E-state index in [4.69, 9.17) is 0 Å². The molecule has 0 nitrogen and oxygen atoms in total. The van der Waals surface area contributed by atoms with E-state index in [0.29, 0.717) is 0 Å². The van der Waals surface area contributed by atoms with E-state index in [0.717, 1.165) is 0 Å². The van der Waals surface area contributed by atoms with Crippen LogP contribution in [0, 0.1) is 0 Å². The maximum absolute atomic E-state index is 2.45. The van der Waals surface area contributed by atoms with Crippen molar-refractivity contribution in [2.24, 2.45) is 0 Å². The van der Waals surface area contributed by atoms with E-state index in [9.17, 15) is 0 Å². The van der Waals surface area contributed by atoms with Gasteiger partial charge in [0.1, 0.15) is 0 Å². The first-order chi connectivity index (χ1) is 49.2. The van der Waals surface area contributed by atoms with Crippen molar-refractivity contribution in [3.05, 3.63) is 388 Å². The third kappa shape index (κ3) is 11.6. The second-order valence-electron chi connectivity index (χ2n) is 27.4. The van der Waals surface area contributed by atoms with Crippen molar-refractivity contribution in [3.63, 3.8) is 0 Å². The number of rotatable bonds is 10. The van der Waals surface area contributed by atoms with Crippen LogP contribution in [0.5, 0.6) is 0 Å². The van der Waals surface area contributed by atoms with Gasteiger partial charge in [-0.1, -0.05) is 360 Å². The summed E-state index contributed by atoms with van der Waals surface area (Å²) in [6, 6.07) is 140. The predicted molar refractivity (Wildman–Crippen MR) is 431 cm³/mol. The summed E-state index contributed by atoms with van der Waals surface area (Å²) in [4.78, 5) is 0. The Kier molecular flexibility index (Phi) is 16.0. The molecular formula is C100H72. The number of fused-ring (bicyclic) bond motifs is 6. The standard InChI is InChI=1S/C52H40.C48H32/c1-52(2,3)45-28-29-48-49(34-45)51(44-27-26-36-16-7-8-17-37(36)32-44)47-25-10-9-24-46(47)50(48)43-23-13-22-42(33-43)41-21-12-20-40(31-41)39-19-11-18-38(30-39)35-14-5-4-6-15-35;1-2-16-34(17-3-1)39-21-6-8-23-41(39)42-24-9-7-22-40(42)36-19-14-20-37(32-36)47-43-25-10-12-27-45(43)48(46-28-13-11-26-44(46)47)38-30-29-33-15-4-5-18-35(33)31-38/h4-34H,1-3H3;1-32H. The second-order valence-corrected chi connectivity index (χ2v) is 27.4. The van der Waals surface area contributed by atoms with Crippen LogP contribution in [0.1, 0.15) is 26.3 Å². The molecule has 0 N–H and O–H groups in total. The summed E-state index contributed by atoms with van der Waals surface area (Å²) in [5.41, 5.74) is 26.1. The first-order valence-corrected chi connectivity index (χ1v) is 34.9. The van der Waals surface area contributed by atoms with E-state index >= 15 is 0 Å². The lowest BCUT2D eigenvalue weighted by Gasteiger charge is -2.23. The van der Waals surface area contributed by atoms with Gasteiger partial charge in [-0.2, -0.15) is 0 Å². The molecule has 472 valence electrons. The Morgan fingerprint density at radius 2 is 0.430 bits per heavy atom. The molecule has 0 amide bonds. The molecule has 18 aromatic rings. The summed E-state index contributed by atoms with van der Waals surface area (Å²) in [5, 5.41) is 15.2. The third-order valence-electron chi connectivity index (χ3n) is 20.2. The normalized spacial score (nSPS) is 11.6. The summed E-state index contributed by atoms with van der Waals surface area (Å²) in [6.45, 7) is 6.92. The van der Waals surface area contributed by atoms with Crippen LogP contribution in [0.3, 0.4) is 0 Å². The van der Waals surface area contributed by atoms with Crippen LogP contribution in [0.4, 0.5) is 0 Å². The zero-order valence-corrected chi connectivity index (χ0v) is 56.4. The molecule has 0 heterocycles. The minimum Gasteiger partial charge on any atom is -0.0622 e. The van der Waals surface area contributed by atoms with Crippen molar-refractivity contribution < 1.29 is 0 Å². The van der Waals surface area contributed by atoms with Gasteiger partial charge in [-0.3, -0.25) is 0 Å². The van der Waals surface area contributed by atoms with Crippen LogP contribution in [-0.4, -0.2) is 0 Å². The Labute approximate surface area is 586 Å². The molecule has 0 unspecified atom stereocenters. The predicted octanol–water partition coefficient (Wildman–Crippen LogP) is 28.3. The molecule has 0 radical (unpaired) electrons. The van der Waals surface area contributed by atoms with Gasteiger partial charge in [-0.15, -0.1) is 0 Å². The van der Waals surface area contributed by atoms with Gasteiger partial charge >= 0.3 is 0 Å². The highest BCUT2D eigenvalue weighted by Gasteiger charge is 2.23. The highest BCUT2D eigenvalue weighted by atomic mass is 14.3. The van der Waals surface area contributed by atoms with Crippen LogP contribution in [0.2, 0.25) is 0 Å². The molecule has 0 aliphatic carbocycles. The lowest BCUT2D eigenvalue weighted by atomic mass is 9.81. The molecule has 0 heteroatoms. The quantitative estimate of drug-likeness (QED) is 0.120. The smallest absolute Gasteiger partial charge is 0.00260 e. The first-order valence-electron chi connectivity index (χ1n) is 34.9. The number of hydrogen-bond acceptors (Lipinski definition) is 0. The number of hydrogen-bond donors (Lipinski definition) is 0. The van der Waals surface area contributed by atoms with Crippen molar-refractivity contribution >= 4 is 64.6 Å². The molecule has 0 saturated heterocycles. The van der Waals surface area contributed by atoms with E-state index in [-0.39, 0.29) is 5.41 Å². The fraction of sp³-hybridized carbons (Fsp3) is 0.0400. The van der Waals surface area contributed by atoms with Crippen LogP contribution in [-0.2, 0) is 5.41 Å². The Balaban J connectivity index is 0.000000150. The number of benzene rings is 18. The molecule has 0 saturated carbocycles. The Morgan fingerprint density at radius 3 is 0.860 bits per heavy atom. The van der Waals surface area contributed by atoms with Crippen LogP contribution in [0.25, 0.3) is 176 Å². The minimum atomic E-state index is 0.0200. The summed E-state index contributed by atoms with van der Waals surface area (Å²) in [6.07, 6.45) is 0. The third-order valence-corrected chi connectivity index (χ3v) is 20.2. The Hall–Kier alpha value is -12.5. The minimum absolute atomic E-state index is 0.0200. The molecule has 0 bridgehead atoms. The van der Waals surface area contributed by atoms with Gasteiger partial charge in [0.15, 0.2) is 0 Å². The second kappa shape index (κ2) is 26.2. The van der Waals surface area contributed by atoms with Crippen LogP contribution in [0.15, 0.2) is 382 Å². The Morgan fingerprint density at radius 1 is 0.150 bits per heavy atom. The van der Waals surface area contributed by atoms with Crippen molar-refractivity contribution in [2.45, 2.75) is 26.2 Å². The summed E-state index contributed by atoms with van der Waals surface area (Å²) >= 11 is 0. The van der Waals surface area contributed by atoms with Crippen molar-refractivity contribution in [3.8, 4) is 111 Å². The van der Waals surface area contributed by atoms with E-state index in [1.54, 1.807) is 0 Å². The van der Waals surface area contributed by atoms with E-state index in [1.165, 1.54) is 181 Å². The van der Waals surface area contributed by atoms with E-state index in [2.05, 4.69) is 403 Å². The van der Waals surface area contributed by atoms with Gasteiger partial charge in [-0.05, 0) is 229 Å². The maximum atomic E-state index is 2.45. The first kappa shape index (κ1) is 61.1. The molecule has 18 rings (SSSR count). The molecule has 18 aromatic carbocycles. The largest absolute Gasteiger partial charge is 0.0622 e. The van der Waals surface area contributed by atoms with E-state index < -0.39 is 0 Å². The molecule has 0 spiro atoms. The lowest BCUT2D eigenvalue weighted by Crippen LogP contribution is -2.10. The lowest BCUT2D eigenvalue weighted by molar-refractivity contribution is 0.591. The van der Waals surface area contributed by atoms with E-state index in [1.807, 2.05) is 0 Å². The summed E-state index contributed by atoms with van der Waals surface area (Å²) in [5.74, 6) is 0. The zero-order chi connectivity index (χ0) is 67.1. The summed E-state index contributed by atoms with van der Waals surface area (Å²) < 4.78 is 0.